The molecule has 0 saturated carbocycles. The maximum atomic E-state index is 13.2. The van der Waals surface area contributed by atoms with Crippen molar-refractivity contribution in [2.75, 3.05) is 6.54 Å². The highest BCUT2D eigenvalue weighted by Crippen LogP contribution is 2.22. The number of amides is 4. The standard InChI is InChI=1S/C27H40N4O6/c1-17(2)22(31-26(36)37-16-18-9-7-6-8-10-18)25(35)30-21(14-27(3,4)5)24(34)29-20(15-32)13-19-11-12-28-23(19)33/h6-10,15,17,19-22H,11-14,16H2,1-5H3,(H,28,33)(H,29,34)(H,30,35)(H,31,36)/t19-,20-,21-,22?/m0/s1. The van der Waals surface area contributed by atoms with Gasteiger partial charge in [-0.1, -0.05) is 65.0 Å². The van der Waals surface area contributed by atoms with Gasteiger partial charge in [0.25, 0.3) is 0 Å². The number of ether oxygens (including phenoxy) is 1. The second kappa shape index (κ2) is 13.8. The van der Waals surface area contributed by atoms with E-state index in [1.165, 1.54) is 0 Å². The fourth-order valence-corrected chi connectivity index (χ4v) is 4.12. The summed E-state index contributed by atoms with van der Waals surface area (Å²) in [6, 6.07) is 6.42. The summed E-state index contributed by atoms with van der Waals surface area (Å²) < 4.78 is 5.25. The van der Waals surface area contributed by atoms with Crippen molar-refractivity contribution in [3.8, 4) is 0 Å². The fraction of sp³-hybridized carbons (Fsp3) is 0.593. The maximum absolute atomic E-state index is 13.2. The molecule has 1 aliphatic rings. The summed E-state index contributed by atoms with van der Waals surface area (Å²) in [5.74, 6) is -1.82. The first-order chi connectivity index (χ1) is 17.4. The van der Waals surface area contributed by atoms with E-state index in [1.54, 1.807) is 13.8 Å². The summed E-state index contributed by atoms with van der Waals surface area (Å²) in [6.45, 7) is 9.94. The van der Waals surface area contributed by atoms with Gasteiger partial charge >= 0.3 is 6.09 Å². The Morgan fingerprint density at radius 3 is 2.30 bits per heavy atom. The molecule has 1 aliphatic heterocycles. The van der Waals surface area contributed by atoms with E-state index in [2.05, 4.69) is 21.3 Å². The number of alkyl carbamates (subject to hydrolysis) is 1. The van der Waals surface area contributed by atoms with E-state index >= 15 is 0 Å². The molecule has 4 amide bonds. The Kier molecular flexibility index (Phi) is 11.1. The van der Waals surface area contributed by atoms with Crippen molar-refractivity contribution in [2.45, 2.75) is 78.6 Å². The van der Waals surface area contributed by atoms with E-state index in [4.69, 9.17) is 4.74 Å². The first-order valence-electron chi connectivity index (χ1n) is 12.7. The number of aldehydes is 1. The molecule has 1 fully saturated rings. The lowest BCUT2D eigenvalue weighted by atomic mass is 9.87. The van der Waals surface area contributed by atoms with Gasteiger partial charge in [-0.05, 0) is 36.2 Å². The second-order valence-electron chi connectivity index (χ2n) is 11.0. The molecule has 1 unspecified atom stereocenters. The summed E-state index contributed by atoms with van der Waals surface area (Å²) >= 11 is 0. The molecule has 1 aromatic carbocycles. The van der Waals surface area contributed by atoms with Crippen LogP contribution in [0.1, 0.15) is 59.4 Å². The zero-order valence-electron chi connectivity index (χ0n) is 22.3. The van der Waals surface area contributed by atoms with Gasteiger partial charge in [-0.3, -0.25) is 14.4 Å². The van der Waals surface area contributed by atoms with Gasteiger partial charge in [0.15, 0.2) is 0 Å². The van der Waals surface area contributed by atoms with Gasteiger partial charge in [-0.25, -0.2) is 4.79 Å². The van der Waals surface area contributed by atoms with Crippen molar-refractivity contribution in [3.63, 3.8) is 0 Å². The van der Waals surface area contributed by atoms with Crippen LogP contribution in [-0.2, 0) is 30.5 Å². The number of carbonyl (C=O) groups excluding carboxylic acids is 5. The van der Waals surface area contributed by atoms with Crippen LogP contribution in [0.4, 0.5) is 4.79 Å². The maximum Gasteiger partial charge on any atom is 0.408 e. The highest BCUT2D eigenvalue weighted by atomic mass is 16.5. The van der Waals surface area contributed by atoms with Gasteiger partial charge in [0.2, 0.25) is 17.7 Å². The molecule has 10 nitrogen and oxygen atoms in total. The van der Waals surface area contributed by atoms with Crippen LogP contribution in [0.3, 0.4) is 0 Å². The van der Waals surface area contributed by atoms with Crippen LogP contribution in [0.5, 0.6) is 0 Å². The van der Waals surface area contributed by atoms with Crippen LogP contribution in [0.15, 0.2) is 30.3 Å². The number of benzene rings is 1. The number of carbonyl (C=O) groups is 5. The number of hydrogen-bond acceptors (Lipinski definition) is 6. The number of nitrogens with one attached hydrogen (secondary N) is 4. The van der Waals surface area contributed by atoms with E-state index in [0.717, 1.165) is 5.56 Å². The summed E-state index contributed by atoms with van der Waals surface area (Å²) in [4.78, 5) is 62.3. The Morgan fingerprint density at radius 2 is 1.76 bits per heavy atom. The first-order valence-corrected chi connectivity index (χ1v) is 12.7. The average Bonchev–Trinajstić information content (AvgIpc) is 3.23. The molecule has 1 saturated heterocycles. The van der Waals surface area contributed by atoms with Crippen LogP contribution in [-0.4, -0.2) is 54.8 Å². The Labute approximate surface area is 218 Å². The minimum atomic E-state index is -0.948. The monoisotopic (exact) mass is 516 g/mol. The van der Waals surface area contributed by atoms with Crippen molar-refractivity contribution in [2.24, 2.45) is 17.3 Å². The van der Waals surface area contributed by atoms with Crippen LogP contribution >= 0.6 is 0 Å². The molecule has 1 aromatic rings. The molecule has 204 valence electrons. The fourth-order valence-electron chi connectivity index (χ4n) is 4.12. The Morgan fingerprint density at radius 1 is 1.08 bits per heavy atom. The summed E-state index contributed by atoms with van der Waals surface area (Å²) in [5, 5.41) is 10.7. The third kappa shape index (κ3) is 10.2. The molecule has 4 N–H and O–H groups in total. The minimum Gasteiger partial charge on any atom is -0.445 e. The van der Waals surface area contributed by atoms with Crippen molar-refractivity contribution in [3.05, 3.63) is 35.9 Å². The highest BCUT2D eigenvalue weighted by molar-refractivity contribution is 5.92. The van der Waals surface area contributed by atoms with Crippen LogP contribution < -0.4 is 21.3 Å². The molecule has 0 spiro atoms. The SMILES string of the molecule is CC(C)C(NC(=O)OCc1ccccc1)C(=O)N[C@@H](CC(C)(C)C)C(=O)N[C@H](C=O)C[C@@H]1CCNC1=O. The second-order valence-corrected chi connectivity index (χ2v) is 11.0. The molecule has 1 heterocycles. The number of hydrogen-bond donors (Lipinski definition) is 4. The normalized spacial score (nSPS) is 17.8. The molecular formula is C27H40N4O6. The molecule has 0 radical (unpaired) electrons. The van der Waals surface area contributed by atoms with Gasteiger partial charge in [0, 0.05) is 12.5 Å². The van der Waals surface area contributed by atoms with Crippen LogP contribution in [0, 0.1) is 17.3 Å². The smallest absolute Gasteiger partial charge is 0.408 e. The minimum absolute atomic E-state index is 0.0558. The highest BCUT2D eigenvalue weighted by Gasteiger charge is 2.33. The Bertz CT molecular complexity index is 944. The van der Waals surface area contributed by atoms with Crippen molar-refractivity contribution in [1.82, 2.24) is 21.3 Å². The average molecular weight is 517 g/mol. The first kappa shape index (κ1) is 29.8. The van der Waals surface area contributed by atoms with E-state index in [-0.39, 0.29) is 36.2 Å². The molecule has 4 atom stereocenters. The van der Waals surface area contributed by atoms with E-state index in [1.807, 2.05) is 51.1 Å². The molecule has 0 bridgehead atoms. The lowest BCUT2D eigenvalue weighted by Gasteiger charge is -2.29. The van der Waals surface area contributed by atoms with Crippen molar-refractivity contribution >= 4 is 30.1 Å². The van der Waals surface area contributed by atoms with E-state index in [0.29, 0.717) is 25.7 Å². The molecule has 37 heavy (non-hydrogen) atoms. The summed E-state index contributed by atoms with van der Waals surface area (Å²) in [5.41, 5.74) is 0.483. The molecule has 0 aliphatic carbocycles. The molecule has 10 heteroatoms. The number of rotatable bonds is 12. The van der Waals surface area contributed by atoms with E-state index in [9.17, 15) is 24.0 Å². The zero-order chi connectivity index (χ0) is 27.6. The van der Waals surface area contributed by atoms with Crippen LogP contribution in [0.25, 0.3) is 0 Å². The van der Waals surface area contributed by atoms with Gasteiger partial charge in [-0.2, -0.15) is 0 Å². The van der Waals surface area contributed by atoms with Gasteiger partial charge < -0.3 is 30.8 Å². The molecular weight excluding hydrogens is 476 g/mol. The topological polar surface area (TPSA) is 143 Å². The summed E-state index contributed by atoms with van der Waals surface area (Å²) in [6.07, 6.45) is 0.957. The van der Waals surface area contributed by atoms with Gasteiger partial charge in [0.1, 0.15) is 25.0 Å². The lowest BCUT2D eigenvalue weighted by Crippen LogP contribution is -2.57. The summed E-state index contributed by atoms with van der Waals surface area (Å²) in [7, 11) is 0. The zero-order valence-corrected chi connectivity index (χ0v) is 22.3. The predicted molar refractivity (Wildman–Crippen MR) is 138 cm³/mol. The third-order valence-corrected chi connectivity index (χ3v) is 6.08. The lowest BCUT2D eigenvalue weighted by molar-refractivity contribution is -0.132. The largest absolute Gasteiger partial charge is 0.445 e. The quantitative estimate of drug-likeness (QED) is 0.313. The van der Waals surface area contributed by atoms with Crippen molar-refractivity contribution in [1.29, 1.82) is 0 Å². The van der Waals surface area contributed by atoms with E-state index < -0.39 is 36.0 Å². The van der Waals surface area contributed by atoms with Crippen LogP contribution in [0.2, 0.25) is 0 Å². The van der Waals surface area contributed by atoms with Gasteiger partial charge in [-0.15, -0.1) is 0 Å². The van der Waals surface area contributed by atoms with Crippen molar-refractivity contribution < 1.29 is 28.7 Å². The Hall–Kier alpha value is -3.43. The van der Waals surface area contributed by atoms with Gasteiger partial charge in [0.05, 0.1) is 6.04 Å². The Balaban J connectivity index is 2.04. The molecule has 2 rings (SSSR count). The third-order valence-electron chi connectivity index (χ3n) is 6.08. The predicted octanol–water partition coefficient (Wildman–Crippen LogP) is 2.07. The molecule has 0 aromatic heterocycles.